The van der Waals surface area contributed by atoms with E-state index in [2.05, 4.69) is 10.3 Å². The smallest absolute Gasteiger partial charge is 0.257 e. The van der Waals surface area contributed by atoms with Crippen LogP contribution < -0.4 is 14.8 Å². The molecular formula is C21H29N3O4. The molecule has 152 valence electrons. The van der Waals surface area contributed by atoms with Crippen LogP contribution in [-0.2, 0) is 9.59 Å². The lowest BCUT2D eigenvalue weighted by molar-refractivity contribution is -0.153. The van der Waals surface area contributed by atoms with Crippen molar-refractivity contribution in [2.75, 3.05) is 26.2 Å². The molecule has 0 radical (unpaired) electrons. The number of carbonyl (C=O) groups excluding carboxylic acids is 2. The van der Waals surface area contributed by atoms with Gasteiger partial charge in [-0.25, -0.2) is 4.98 Å². The lowest BCUT2D eigenvalue weighted by atomic mass is 9.76. The van der Waals surface area contributed by atoms with E-state index in [0.717, 1.165) is 45.1 Å². The number of nitrogens with zero attached hydrogens (tertiary/aromatic N) is 2. The van der Waals surface area contributed by atoms with E-state index in [0.29, 0.717) is 44.2 Å². The summed E-state index contributed by atoms with van der Waals surface area (Å²) in [5.74, 6) is 1.30. The lowest BCUT2D eigenvalue weighted by Crippen LogP contribution is -2.47. The fourth-order valence-corrected chi connectivity index (χ4v) is 4.59. The molecule has 1 spiro atoms. The Morgan fingerprint density at radius 1 is 1.18 bits per heavy atom. The van der Waals surface area contributed by atoms with E-state index < -0.39 is 0 Å². The fourth-order valence-electron chi connectivity index (χ4n) is 4.59. The van der Waals surface area contributed by atoms with E-state index in [-0.39, 0.29) is 23.3 Å². The molecule has 0 bridgehead atoms. The molecule has 1 aliphatic carbocycles. The van der Waals surface area contributed by atoms with E-state index in [4.69, 9.17) is 9.47 Å². The Morgan fingerprint density at radius 2 is 1.96 bits per heavy atom. The van der Waals surface area contributed by atoms with E-state index >= 15 is 0 Å². The van der Waals surface area contributed by atoms with E-state index in [1.54, 1.807) is 6.20 Å². The lowest BCUT2D eigenvalue weighted by Gasteiger charge is -2.37. The maximum absolute atomic E-state index is 12.4. The Balaban J connectivity index is 1.12. The molecule has 3 aliphatic rings. The molecule has 1 N–H and O–H groups in total. The highest BCUT2D eigenvalue weighted by atomic mass is 16.6. The molecule has 7 nitrogen and oxygen atoms in total. The molecule has 1 saturated carbocycles. The van der Waals surface area contributed by atoms with Crippen molar-refractivity contribution in [3.63, 3.8) is 0 Å². The molecule has 1 atom stereocenters. The summed E-state index contributed by atoms with van der Waals surface area (Å²) in [5.41, 5.74) is -0.0121. The minimum absolute atomic E-state index is 0.0121. The number of carbonyl (C=O) groups is 2. The van der Waals surface area contributed by atoms with Crippen LogP contribution in [0.25, 0.3) is 0 Å². The molecule has 2 aliphatic heterocycles. The van der Waals surface area contributed by atoms with Crippen molar-refractivity contribution in [1.29, 1.82) is 0 Å². The number of aromatic nitrogens is 1. The number of fused-ring (bicyclic) bond motifs is 1. The minimum atomic E-state index is -0.0600. The third kappa shape index (κ3) is 4.29. The van der Waals surface area contributed by atoms with Crippen LogP contribution in [0.2, 0.25) is 0 Å². The molecule has 1 aromatic rings. The summed E-state index contributed by atoms with van der Waals surface area (Å²) in [6.45, 7) is 2.54. The summed E-state index contributed by atoms with van der Waals surface area (Å²) >= 11 is 0. The number of unbranched alkanes of at least 4 members (excludes halogenated alkanes) is 1. The number of piperidine rings is 1. The van der Waals surface area contributed by atoms with Gasteiger partial charge in [0.25, 0.3) is 5.88 Å². The monoisotopic (exact) mass is 387 g/mol. The Bertz CT molecular complexity index is 697. The maximum Gasteiger partial charge on any atom is 0.257 e. The van der Waals surface area contributed by atoms with Gasteiger partial charge >= 0.3 is 0 Å². The van der Waals surface area contributed by atoms with Gasteiger partial charge in [-0.05, 0) is 49.8 Å². The molecule has 28 heavy (non-hydrogen) atoms. The first-order chi connectivity index (χ1) is 13.7. The predicted octanol–water partition coefficient (Wildman–Crippen LogP) is 2.30. The number of amides is 2. The van der Waals surface area contributed by atoms with Crippen LogP contribution in [-0.4, -0.2) is 54.0 Å². The summed E-state index contributed by atoms with van der Waals surface area (Å²) in [4.78, 5) is 30.6. The third-order valence-corrected chi connectivity index (χ3v) is 6.12. The summed E-state index contributed by atoms with van der Waals surface area (Å²) in [7, 11) is 0. The van der Waals surface area contributed by atoms with Crippen LogP contribution in [0.3, 0.4) is 0 Å². The maximum atomic E-state index is 12.4. The van der Waals surface area contributed by atoms with Crippen LogP contribution in [0, 0.1) is 5.41 Å². The van der Waals surface area contributed by atoms with E-state index in [9.17, 15) is 9.59 Å². The minimum Gasteiger partial charge on any atom is -0.484 e. The molecule has 3 heterocycles. The number of pyridine rings is 1. The van der Waals surface area contributed by atoms with Crippen molar-refractivity contribution in [2.24, 2.45) is 5.41 Å². The number of imide groups is 1. The summed E-state index contributed by atoms with van der Waals surface area (Å²) < 4.78 is 11.5. The van der Waals surface area contributed by atoms with Gasteiger partial charge in [0.05, 0.1) is 0 Å². The van der Waals surface area contributed by atoms with Gasteiger partial charge in [0.1, 0.15) is 12.7 Å². The van der Waals surface area contributed by atoms with Crippen LogP contribution >= 0.6 is 0 Å². The second-order valence-corrected chi connectivity index (χ2v) is 8.27. The van der Waals surface area contributed by atoms with Gasteiger partial charge in [-0.3, -0.25) is 14.5 Å². The van der Waals surface area contributed by atoms with Crippen molar-refractivity contribution in [3.05, 3.63) is 18.3 Å². The van der Waals surface area contributed by atoms with Gasteiger partial charge in [0, 0.05) is 32.1 Å². The van der Waals surface area contributed by atoms with Crippen molar-refractivity contribution >= 4 is 11.8 Å². The molecule has 1 saturated heterocycles. The number of ether oxygens (including phenoxy) is 2. The molecule has 7 heteroatoms. The van der Waals surface area contributed by atoms with Gasteiger partial charge in [-0.1, -0.05) is 12.8 Å². The van der Waals surface area contributed by atoms with Gasteiger partial charge in [-0.15, -0.1) is 0 Å². The number of hydrogen-bond acceptors (Lipinski definition) is 6. The molecule has 0 aromatic carbocycles. The van der Waals surface area contributed by atoms with E-state index in [1.165, 1.54) is 4.90 Å². The summed E-state index contributed by atoms with van der Waals surface area (Å²) in [6.07, 6.45) is 8.87. The Kier molecular flexibility index (Phi) is 5.80. The van der Waals surface area contributed by atoms with E-state index in [1.807, 2.05) is 12.1 Å². The SMILES string of the molecule is O=C1CC2(CCCC2)CC(=O)N1CCCCNC[C@@H]1COc2cccnc2O1. The second-order valence-electron chi connectivity index (χ2n) is 8.27. The van der Waals surface area contributed by atoms with Crippen LogP contribution in [0.1, 0.15) is 51.4 Å². The van der Waals surface area contributed by atoms with Crippen molar-refractivity contribution in [1.82, 2.24) is 15.2 Å². The zero-order chi connectivity index (χ0) is 19.4. The summed E-state index contributed by atoms with van der Waals surface area (Å²) in [6, 6.07) is 3.68. The first kappa shape index (κ1) is 19.2. The Hall–Kier alpha value is -2.15. The molecule has 0 unspecified atom stereocenters. The normalized spacial score (nSPS) is 23.4. The Morgan fingerprint density at radius 3 is 2.75 bits per heavy atom. The van der Waals surface area contributed by atoms with Crippen molar-refractivity contribution < 1.29 is 19.1 Å². The fraction of sp³-hybridized carbons (Fsp3) is 0.667. The molecule has 2 fully saturated rings. The first-order valence-electron chi connectivity index (χ1n) is 10.4. The van der Waals surface area contributed by atoms with Crippen molar-refractivity contribution in [3.8, 4) is 11.6 Å². The average Bonchev–Trinajstić information content (AvgIpc) is 3.13. The highest BCUT2D eigenvalue weighted by molar-refractivity contribution is 5.98. The zero-order valence-electron chi connectivity index (χ0n) is 16.3. The largest absolute Gasteiger partial charge is 0.484 e. The number of rotatable bonds is 7. The highest BCUT2D eigenvalue weighted by Crippen LogP contribution is 2.46. The third-order valence-electron chi connectivity index (χ3n) is 6.12. The topological polar surface area (TPSA) is 80.8 Å². The molecular weight excluding hydrogens is 358 g/mol. The van der Waals surface area contributed by atoms with Gasteiger partial charge in [0.2, 0.25) is 11.8 Å². The van der Waals surface area contributed by atoms with Gasteiger partial charge < -0.3 is 14.8 Å². The number of likely N-dealkylation sites (tertiary alicyclic amines) is 1. The number of nitrogens with one attached hydrogen (secondary N) is 1. The van der Waals surface area contributed by atoms with Crippen LogP contribution in [0.5, 0.6) is 11.6 Å². The van der Waals surface area contributed by atoms with Crippen LogP contribution in [0.15, 0.2) is 18.3 Å². The molecule has 2 amide bonds. The van der Waals surface area contributed by atoms with Crippen molar-refractivity contribution in [2.45, 2.75) is 57.5 Å². The van der Waals surface area contributed by atoms with Crippen LogP contribution in [0.4, 0.5) is 0 Å². The molecule has 1 aromatic heterocycles. The number of hydrogen-bond donors (Lipinski definition) is 1. The van der Waals surface area contributed by atoms with Gasteiger partial charge in [0.15, 0.2) is 5.75 Å². The van der Waals surface area contributed by atoms with Gasteiger partial charge in [-0.2, -0.15) is 0 Å². The highest BCUT2D eigenvalue weighted by Gasteiger charge is 2.44. The standard InChI is InChI=1S/C21H29N3O4/c25-18-12-21(7-1-2-8-21)13-19(26)24(18)11-4-3-9-22-14-16-15-27-17-6-5-10-23-20(17)28-16/h5-6,10,16,22H,1-4,7-9,11-15H2/t16-/m1/s1. The molecule has 4 rings (SSSR count). The second kappa shape index (κ2) is 8.47. The average molecular weight is 387 g/mol. The zero-order valence-corrected chi connectivity index (χ0v) is 16.3. The summed E-state index contributed by atoms with van der Waals surface area (Å²) in [5, 5.41) is 3.36. The predicted molar refractivity (Wildman–Crippen MR) is 103 cm³/mol. The Labute approximate surface area is 165 Å². The quantitative estimate of drug-likeness (QED) is 0.571. The first-order valence-corrected chi connectivity index (χ1v) is 10.4.